The van der Waals surface area contributed by atoms with E-state index in [2.05, 4.69) is 9.99 Å². The topological polar surface area (TPSA) is 58.0 Å². The fraction of sp³-hybridized carbons (Fsp3) is 0.750. The van der Waals surface area contributed by atoms with Crippen molar-refractivity contribution in [2.75, 3.05) is 13.2 Å². The summed E-state index contributed by atoms with van der Waals surface area (Å²) in [4.78, 5) is 4.51. The van der Waals surface area contributed by atoms with Crippen LogP contribution in [0.2, 0.25) is 0 Å². The lowest BCUT2D eigenvalue weighted by Gasteiger charge is -1.86. The fourth-order valence-electron chi connectivity index (χ4n) is 0.317. The van der Waals surface area contributed by atoms with Gasteiger partial charge in [0.2, 0.25) is 0 Å². The van der Waals surface area contributed by atoms with Crippen molar-refractivity contribution in [3.63, 3.8) is 0 Å². The zero-order valence-electron chi connectivity index (χ0n) is 4.26. The Morgan fingerprint density at radius 2 is 2.75 bits per heavy atom. The number of nitrogens with zero attached hydrogens (tertiary/aromatic N) is 1. The minimum absolute atomic E-state index is 0.215. The molecule has 1 aliphatic heterocycles. The molecule has 1 fully saturated rings. The summed E-state index contributed by atoms with van der Waals surface area (Å²) in [6.45, 7) is 1.21. The van der Waals surface area contributed by atoms with Crippen LogP contribution in [-0.4, -0.2) is 25.3 Å². The average Bonchev–Trinajstić information content (AvgIpc) is 2.51. The van der Waals surface area contributed by atoms with E-state index in [0.29, 0.717) is 6.61 Å². The first-order valence-electron chi connectivity index (χ1n) is 2.29. The summed E-state index contributed by atoms with van der Waals surface area (Å²) in [5.74, 6) is 0. The van der Waals surface area contributed by atoms with Crippen LogP contribution in [0.5, 0.6) is 0 Å². The van der Waals surface area contributed by atoms with Crippen molar-refractivity contribution in [2.24, 2.45) is 5.16 Å². The van der Waals surface area contributed by atoms with Gasteiger partial charge < -0.3 is 9.57 Å². The molecule has 1 heterocycles. The van der Waals surface area contributed by atoms with E-state index in [9.17, 15) is 0 Å². The summed E-state index contributed by atoms with van der Waals surface area (Å²) >= 11 is 0. The molecule has 4 heteroatoms. The molecule has 1 atom stereocenters. The van der Waals surface area contributed by atoms with Gasteiger partial charge in [0.25, 0.3) is 0 Å². The zero-order chi connectivity index (χ0) is 5.82. The molecule has 1 rings (SSSR count). The predicted octanol–water partition coefficient (Wildman–Crippen LogP) is 0.0695. The Kier molecular flexibility index (Phi) is 1.62. The highest BCUT2D eigenvalue weighted by atomic mass is 16.7. The van der Waals surface area contributed by atoms with Crippen LogP contribution in [-0.2, 0) is 9.57 Å². The second kappa shape index (κ2) is 2.45. The average molecular weight is 114 g/mol. The van der Waals surface area contributed by atoms with E-state index in [1.807, 2.05) is 0 Å². The van der Waals surface area contributed by atoms with E-state index in [4.69, 9.17) is 10.1 Å². The maximum atomic E-state index is 6.28. The third kappa shape index (κ3) is 1.73. The normalized spacial score (nSPS) is 23.8. The zero-order valence-corrected chi connectivity index (χ0v) is 4.26. The van der Waals surface area contributed by atoms with Crippen LogP contribution in [0.3, 0.4) is 0 Å². The number of hydrogen-bond acceptors (Lipinski definition) is 4. The molecule has 0 aromatic rings. The first kappa shape index (κ1) is 5.28. The van der Waals surface area contributed by atoms with Gasteiger partial charge in [-0.15, -0.1) is 0 Å². The summed E-state index contributed by atoms with van der Waals surface area (Å²) in [7, 11) is 0. The summed E-state index contributed by atoms with van der Waals surface area (Å²) in [5, 5.41) is 9.37. The summed E-state index contributed by atoms with van der Waals surface area (Å²) in [6, 6.07) is 1.75. The second-order valence-corrected chi connectivity index (χ2v) is 1.45. The van der Waals surface area contributed by atoms with Gasteiger partial charge in [-0.3, -0.25) is 0 Å². The molecule has 1 saturated heterocycles. The van der Waals surface area contributed by atoms with Gasteiger partial charge in [-0.25, -0.2) is 5.41 Å². The number of rotatable bonds is 3. The van der Waals surface area contributed by atoms with Crippen molar-refractivity contribution in [3.8, 4) is 0 Å². The van der Waals surface area contributed by atoms with Crippen LogP contribution in [0.1, 0.15) is 0 Å². The van der Waals surface area contributed by atoms with Crippen molar-refractivity contribution in [1.29, 1.82) is 5.41 Å². The monoisotopic (exact) mass is 114 g/mol. The highest BCUT2D eigenvalue weighted by molar-refractivity contribution is 5.34. The number of ether oxygens (including phenoxy) is 1. The van der Waals surface area contributed by atoms with Gasteiger partial charge >= 0.3 is 0 Å². The molecule has 0 bridgehead atoms. The van der Waals surface area contributed by atoms with Crippen LogP contribution in [0.4, 0.5) is 0 Å². The van der Waals surface area contributed by atoms with Gasteiger partial charge in [-0.1, -0.05) is 0 Å². The molecule has 0 amide bonds. The third-order valence-corrected chi connectivity index (χ3v) is 0.773. The number of epoxide rings is 1. The largest absolute Gasteiger partial charge is 0.385 e. The predicted molar refractivity (Wildman–Crippen MR) is 25.8 cm³/mol. The molecule has 4 nitrogen and oxygen atoms in total. The lowest BCUT2D eigenvalue weighted by molar-refractivity contribution is 0.126. The minimum Gasteiger partial charge on any atom is -0.385 e. The van der Waals surface area contributed by atoms with Gasteiger partial charge in [0, 0.05) is 0 Å². The Balaban J connectivity index is 1.95. The van der Waals surface area contributed by atoms with Crippen molar-refractivity contribution in [3.05, 3.63) is 0 Å². The molecule has 0 aromatic carbocycles. The smallest absolute Gasteiger partial charge is 0.146 e. The maximum absolute atomic E-state index is 6.28. The van der Waals surface area contributed by atoms with Crippen LogP contribution >= 0.6 is 0 Å². The molecule has 0 aliphatic carbocycles. The highest BCUT2D eigenvalue weighted by Crippen LogP contribution is 2.07. The van der Waals surface area contributed by atoms with Gasteiger partial charge in [-0.05, 0) is 5.16 Å². The molecule has 44 valence electrons. The molecule has 1 aliphatic rings. The molecule has 0 aromatic heterocycles. The van der Waals surface area contributed by atoms with Gasteiger partial charge in [0.05, 0.1) is 6.61 Å². The summed E-state index contributed by atoms with van der Waals surface area (Å²) in [6.07, 6.45) is 0.215. The van der Waals surface area contributed by atoms with E-state index >= 15 is 0 Å². The van der Waals surface area contributed by atoms with Crippen molar-refractivity contribution in [1.82, 2.24) is 0 Å². The lowest BCUT2D eigenvalue weighted by atomic mass is 10.5. The van der Waals surface area contributed by atoms with E-state index in [0.717, 1.165) is 6.61 Å². The second-order valence-electron chi connectivity index (χ2n) is 1.45. The van der Waals surface area contributed by atoms with E-state index in [1.165, 1.54) is 0 Å². The van der Waals surface area contributed by atoms with Crippen LogP contribution < -0.4 is 0 Å². The molecule has 8 heavy (non-hydrogen) atoms. The molecule has 1 unspecified atom stereocenters. The van der Waals surface area contributed by atoms with E-state index in [1.54, 1.807) is 6.01 Å². The molecule has 0 spiro atoms. The third-order valence-electron chi connectivity index (χ3n) is 0.773. The maximum Gasteiger partial charge on any atom is 0.146 e. The molecule has 0 saturated carbocycles. The Labute approximate surface area is 46.6 Å². The number of nitrogens with one attached hydrogen (secondary N) is 1. The number of hydrogen-bond donors (Lipinski definition) is 1. The molecular weight excluding hydrogens is 108 g/mol. The van der Waals surface area contributed by atoms with Crippen molar-refractivity contribution in [2.45, 2.75) is 6.10 Å². The summed E-state index contributed by atoms with van der Waals surface area (Å²) in [5.41, 5.74) is 0. The molecule has 1 N–H and O–H groups in total. The Morgan fingerprint density at radius 1 is 2.00 bits per heavy atom. The van der Waals surface area contributed by atoms with Crippen molar-refractivity contribution < 1.29 is 9.57 Å². The first-order valence-corrected chi connectivity index (χ1v) is 2.29. The van der Waals surface area contributed by atoms with Crippen LogP contribution in [0, 0.1) is 5.41 Å². The fourth-order valence-corrected chi connectivity index (χ4v) is 0.317. The van der Waals surface area contributed by atoms with E-state index in [-0.39, 0.29) is 6.10 Å². The Morgan fingerprint density at radius 3 is 3.25 bits per heavy atom. The summed E-state index contributed by atoms with van der Waals surface area (Å²) < 4.78 is 4.78. The molecule has 0 radical (unpaired) electrons. The minimum atomic E-state index is 0.215. The lowest BCUT2D eigenvalue weighted by Crippen LogP contribution is -1.94. The Hall–Kier alpha value is -0.860. The van der Waals surface area contributed by atoms with Crippen LogP contribution in [0.25, 0.3) is 0 Å². The van der Waals surface area contributed by atoms with Gasteiger partial charge in [0.15, 0.2) is 0 Å². The Bertz CT molecular complexity index is 115. The van der Waals surface area contributed by atoms with E-state index < -0.39 is 0 Å². The van der Waals surface area contributed by atoms with Crippen LogP contribution in [0.15, 0.2) is 5.16 Å². The first-order chi connectivity index (χ1) is 3.93. The van der Waals surface area contributed by atoms with Gasteiger partial charge in [-0.2, -0.15) is 0 Å². The SMILES string of the molecule is N=C=NOCC1CO1. The van der Waals surface area contributed by atoms with Crippen molar-refractivity contribution >= 4 is 6.01 Å². The highest BCUT2D eigenvalue weighted by Gasteiger charge is 2.22. The van der Waals surface area contributed by atoms with Gasteiger partial charge in [0.1, 0.15) is 18.7 Å². The quantitative estimate of drug-likeness (QED) is 0.320. The standard InChI is InChI=1S/C4H6N2O2/c5-3-6-8-2-4-1-7-4/h4-5H,1-2H2. The molecular formula is C4H6N2O2.